The molecule has 0 saturated carbocycles. The maximum absolute atomic E-state index is 13.9. The lowest BCUT2D eigenvalue weighted by Crippen LogP contribution is -2.29. The number of phenolic OH excluding ortho intramolecular Hbond substituents is 2. The van der Waals surface area contributed by atoms with Crippen molar-refractivity contribution in [1.29, 1.82) is 0 Å². The summed E-state index contributed by atoms with van der Waals surface area (Å²) in [7, 11) is 6.05. The maximum atomic E-state index is 13.9. The molecule has 0 spiro atoms. The lowest BCUT2D eigenvalue weighted by atomic mass is 9.68. The van der Waals surface area contributed by atoms with Gasteiger partial charge in [-0.15, -0.1) is 0 Å². The van der Waals surface area contributed by atoms with Crippen LogP contribution in [-0.4, -0.2) is 49.5 Å². The van der Waals surface area contributed by atoms with Crippen LogP contribution < -0.4 is 18.9 Å². The summed E-state index contributed by atoms with van der Waals surface area (Å²) in [5, 5.41) is 30.7. The van der Waals surface area contributed by atoms with E-state index in [1.165, 1.54) is 32.4 Å². The van der Waals surface area contributed by atoms with Crippen LogP contribution in [0, 0.1) is 5.92 Å². The van der Waals surface area contributed by atoms with Gasteiger partial charge in [0.2, 0.25) is 0 Å². The molecule has 41 heavy (non-hydrogen) atoms. The minimum atomic E-state index is -0.586. The molecule has 0 amide bonds. The Morgan fingerprint density at radius 3 is 2.07 bits per heavy atom. The Morgan fingerprint density at radius 2 is 1.39 bits per heavy atom. The topological polar surface area (TPSA) is 115 Å². The van der Waals surface area contributed by atoms with Gasteiger partial charge in [-0.2, -0.15) is 0 Å². The number of aromatic hydroxyl groups is 2. The van der Waals surface area contributed by atoms with Gasteiger partial charge in [-0.25, -0.2) is 0 Å². The molecule has 0 aliphatic heterocycles. The van der Waals surface area contributed by atoms with E-state index < -0.39 is 5.92 Å². The highest BCUT2D eigenvalue weighted by Crippen LogP contribution is 2.46. The Balaban J connectivity index is 1.73. The molecule has 0 saturated heterocycles. The monoisotopic (exact) mass is 558 g/mol. The highest BCUT2D eigenvalue weighted by molar-refractivity contribution is 5.94. The molecular weight excluding hydrogens is 524 g/mol. The second-order valence-corrected chi connectivity index (χ2v) is 9.60. The van der Waals surface area contributed by atoms with Crippen LogP contribution in [0.1, 0.15) is 34.9 Å². The van der Waals surface area contributed by atoms with Crippen molar-refractivity contribution in [3.63, 3.8) is 0 Å². The van der Waals surface area contributed by atoms with Crippen LogP contribution in [0.4, 0.5) is 0 Å². The van der Waals surface area contributed by atoms with Gasteiger partial charge in [-0.3, -0.25) is 4.79 Å². The van der Waals surface area contributed by atoms with Crippen molar-refractivity contribution < 1.29 is 39.1 Å². The van der Waals surface area contributed by atoms with Crippen molar-refractivity contribution >= 4 is 11.9 Å². The van der Waals surface area contributed by atoms with Crippen LogP contribution in [0.2, 0.25) is 0 Å². The molecule has 0 heterocycles. The summed E-state index contributed by atoms with van der Waals surface area (Å²) in [5.74, 6) is 0.0688. The van der Waals surface area contributed by atoms with Crippen molar-refractivity contribution in [3.8, 4) is 34.5 Å². The van der Waals surface area contributed by atoms with E-state index in [0.29, 0.717) is 35.0 Å². The number of carbonyl (C=O) groups is 1. The van der Waals surface area contributed by atoms with Gasteiger partial charge in [0.15, 0.2) is 40.3 Å². The number of phenols is 2. The Labute approximate surface area is 239 Å². The lowest BCUT2D eigenvalue weighted by molar-refractivity contribution is -0.119. The van der Waals surface area contributed by atoms with E-state index in [0.717, 1.165) is 11.1 Å². The molecule has 0 bridgehead atoms. The van der Waals surface area contributed by atoms with Crippen LogP contribution >= 0.6 is 0 Å². The third-order valence-corrected chi connectivity index (χ3v) is 7.25. The Hall–Kier alpha value is -4.85. The number of allylic oxidation sites excluding steroid dienone is 4. The standard InChI is InChI=1S/C33H34O8/c1-38-29-15-11-22(18-32(29)41-4)25-7-5-6-24(21-10-14-27(36)31(17-21)40-3)33(25)28(37)19-23(34)12-8-20-9-13-26(35)30(16-20)39-2/h5,7-19,24-25,33-36H,6H2,1-4H3. The number of ketones is 1. The molecule has 1 aliphatic carbocycles. The predicted molar refractivity (Wildman–Crippen MR) is 156 cm³/mol. The van der Waals surface area contributed by atoms with Gasteiger partial charge in [-0.1, -0.05) is 36.4 Å². The largest absolute Gasteiger partial charge is 0.508 e. The summed E-state index contributed by atoms with van der Waals surface area (Å²) in [4.78, 5) is 13.9. The smallest absolute Gasteiger partial charge is 0.163 e. The average molecular weight is 559 g/mol. The van der Waals surface area contributed by atoms with Gasteiger partial charge < -0.3 is 34.3 Å². The third-order valence-electron chi connectivity index (χ3n) is 7.25. The quantitative estimate of drug-likeness (QED) is 0.115. The number of hydrogen-bond acceptors (Lipinski definition) is 8. The number of benzene rings is 3. The minimum Gasteiger partial charge on any atom is -0.508 e. The summed E-state index contributed by atoms with van der Waals surface area (Å²) in [6.45, 7) is 0. The minimum absolute atomic E-state index is 0.00283. The van der Waals surface area contributed by atoms with Gasteiger partial charge in [-0.05, 0) is 71.5 Å². The zero-order valence-corrected chi connectivity index (χ0v) is 23.4. The average Bonchev–Trinajstić information content (AvgIpc) is 3.00. The van der Waals surface area contributed by atoms with Crippen molar-refractivity contribution in [3.05, 3.63) is 101 Å². The fourth-order valence-corrected chi connectivity index (χ4v) is 5.18. The summed E-state index contributed by atoms with van der Waals surface area (Å²) in [6, 6.07) is 15.4. The number of methoxy groups -OCH3 is 4. The van der Waals surface area contributed by atoms with Crippen LogP contribution in [0.3, 0.4) is 0 Å². The number of hydrogen-bond donors (Lipinski definition) is 3. The Bertz CT molecular complexity index is 1490. The molecule has 3 atom stereocenters. The highest BCUT2D eigenvalue weighted by Gasteiger charge is 2.37. The fraction of sp³-hybridized carbons (Fsp3) is 0.242. The molecular formula is C33H34O8. The normalized spacial score (nSPS) is 18.7. The van der Waals surface area contributed by atoms with Gasteiger partial charge in [0.05, 0.1) is 28.4 Å². The predicted octanol–water partition coefficient (Wildman–Crippen LogP) is 6.30. The first kappa shape index (κ1) is 29.1. The van der Waals surface area contributed by atoms with E-state index in [9.17, 15) is 20.1 Å². The summed E-state index contributed by atoms with van der Waals surface area (Å²) < 4.78 is 21.4. The molecule has 1 aliphatic rings. The van der Waals surface area contributed by atoms with E-state index >= 15 is 0 Å². The van der Waals surface area contributed by atoms with Crippen LogP contribution in [0.5, 0.6) is 34.5 Å². The second-order valence-electron chi connectivity index (χ2n) is 9.60. The molecule has 0 radical (unpaired) electrons. The first-order valence-electron chi connectivity index (χ1n) is 13.0. The zero-order valence-electron chi connectivity index (χ0n) is 23.4. The van der Waals surface area contributed by atoms with Crippen LogP contribution in [-0.2, 0) is 4.79 Å². The van der Waals surface area contributed by atoms with Crippen molar-refractivity contribution in [2.24, 2.45) is 5.92 Å². The Morgan fingerprint density at radius 1 is 0.780 bits per heavy atom. The molecule has 8 nitrogen and oxygen atoms in total. The highest BCUT2D eigenvalue weighted by atomic mass is 16.5. The number of rotatable bonds is 10. The van der Waals surface area contributed by atoms with E-state index in [2.05, 4.69) is 0 Å². The van der Waals surface area contributed by atoms with Gasteiger partial charge >= 0.3 is 0 Å². The molecule has 3 N–H and O–H groups in total. The molecule has 0 fully saturated rings. The number of aliphatic hydroxyl groups is 1. The van der Waals surface area contributed by atoms with Crippen molar-refractivity contribution in [1.82, 2.24) is 0 Å². The number of aliphatic hydroxyl groups excluding tert-OH is 1. The van der Waals surface area contributed by atoms with Crippen molar-refractivity contribution in [2.45, 2.75) is 18.3 Å². The Kier molecular flexibility index (Phi) is 9.24. The van der Waals surface area contributed by atoms with Gasteiger partial charge in [0.25, 0.3) is 0 Å². The van der Waals surface area contributed by atoms with E-state index in [1.807, 2.05) is 24.3 Å². The fourth-order valence-electron chi connectivity index (χ4n) is 5.18. The zero-order chi connectivity index (χ0) is 29.5. The van der Waals surface area contributed by atoms with Crippen molar-refractivity contribution in [2.75, 3.05) is 28.4 Å². The van der Waals surface area contributed by atoms with Gasteiger partial charge in [0.1, 0.15) is 5.76 Å². The maximum Gasteiger partial charge on any atom is 0.163 e. The second kappa shape index (κ2) is 13.0. The molecule has 3 unspecified atom stereocenters. The molecule has 214 valence electrons. The molecule has 3 aromatic carbocycles. The molecule has 8 heteroatoms. The first-order chi connectivity index (χ1) is 19.8. The van der Waals surface area contributed by atoms with E-state index in [1.54, 1.807) is 56.7 Å². The van der Waals surface area contributed by atoms with Crippen LogP contribution in [0.25, 0.3) is 6.08 Å². The lowest BCUT2D eigenvalue weighted by Gasteiger charge is -2.34. The van der Waals surface area contributed by atoms with Gasteiger partial charge in [0, 0.05) is 17.9 Å². The van der Waals surface area contributed by atoms with Crippen LogP contribution in [0.15, 0.2) is 84.7 Å². The molecule has 0 aromatic heterocycles. The van der Waals surface area contributed by atoms with E-state index in [-0.39, 0.29) is 34.9 Å². The first-order valence-corrected chi connectivity index (χ1v) is 13.0. The number of ether oxygens (including phenoxy) is 4. The molecule has 3 aromatic rings. The SMILES string of the molecule is COc1cc(C=CC(O)=CC(=O)C2C(c3ccc(OC)c(OC)c3)C=CCC2c2ccc(O)c(OC)c2)ccc1O. The number of carbonyl (C=O) groups excluding carboxylic acids is 1. The summed E-state index contributed by atoms with van der Waals surface area (Å²) in [5.41, 5.74) is 2.35. The third kappa shape index (κ3) is 6.49. The molecule has 4 rings (SSSR count). The van der Waals surface area contributed by atoms with E-state index in [4.69, 9.17) is 18.9 Å². The summed E-state index contributed by atoms with van der Waals surface area (Å²) in [6.07, 6.45) is 8.89. The summed E-state index contributed by atoms with van der Waals surface area (Å²) >= 11 is 0.